The van der Waals surface area contributed by atoms with Gasteiger partial charge in [-0.3, -0.25) is 0 Å². The van der Waals surface area contributed by atoms with Crippen molar-refractivity contribution in [3.05, 3.63) is 0 Å². The van der Waals surface area contributed by atoms with Gasteiger partial charge in [-0.1, -0.05) is 0 Å². The number of ether oxygens (including phenoxy) is 1. The van der Waals surface area contributed by atoms with Crippen molar-refractivity contribution in [3.63, 3.8) is 0 Å². The van der Waals surface area contributed by atoms with E-state index in [0.29, 0.717) is 0 Å². The first-order valence-corrected chi connectivity index (χ1v) is 5.71. The summed E-state index contributed by atoms with van der Waals surface area (Å²) < 4.78 is 5.05. The predicted octanol–water partition coefficient (Wildman–Crippen LogP) is 0.954. The highest BCUT2D eigenvalue weighted by Crippen LogP contribution is 2.13. The van der Waals surface area contributed by atoms with E-state index in [9.17, 15) is 0 Å². The second kappa shape index (κ2) is 7.21. The van der Waals surface area contributed by atoms with E-state index in [4.69, 9.17) is 4.74 Å². The van der Waals surface area contributed by atoms with Crippen LogP contribution in [-0.2, 0) is 4.74 Å². The van der Waals surface area contributed by atoms with Crippen molar-refractivity contribution in [3.8, 4) is 0 Å². The highest BCUT2D eigenvalue weighted by Gasteiger charge is 2.12. The summed E-state index contributed by atoms with van der Waals surface area (Å²) in [5, 5.41) is 3.46. The minimum atomic E-state index is 0.847. The fraction of sp³-hybridized carbons (Fsp3) is 1.00. The van der Waals surface area contributed by atoms with Gasteiger partial charge in [-0.25, -0.2) is 0 Å². The first kappa shape index (κ1) is 12.0. The average Bonchev–Trinajstić information content (AvgIpc) is 2.25. The van der Waals surface area contributed by atoms with Gasteiger partial charge < -0.3 is 15.0 Å². The number of rotatable bonds is 6. The van der Waals surface area contributed by atoms with Crippen molar-refractivity contribution in [2.45, 2.75) is 19.3 Å². The van der Waals surface area contributed by atoms with Gasteiger partial charge in [0.2, 0.25) is 0 Å². The van der Waals surface area contributed by atoms with Crippen LogP contribution in [0.3, 0.4) is 0 Å². The SMILES string of the molecule is COCCN(C)CCC1CCCNC1. The zero-order valence-corrected chi connectivity index (χ0v) is 9.59. The van der Waals surface area contributed by atoms with E-state index in [1.807, 2.05) is 0 Å². The Bertz CT molecular complexity index is 135. The predicted molar refractivity (Wildman–Crippen MR) is 59.6 cm³/mol. The molecule has 1 heterocycles. The van der Waals surface area contributed by atoms with Gasteiger partial charge in [0.05, 0.1) is 6.61 Å². The molecular formula is C11H24N2O. The minimum absolute atomic E-state index is 0.847. The highest BCUT2D eigenvalue weighted by atomic mass is 16.5. The number of nitrogens with one attached hydrogen (secondary N) is 1. The zero-order chi connectivity index (χ0) is 10.2. The van der Waals surface area contributed by atoms with Gasteiger partial charge in [0, 0.05) is 13.7 Å². The summed E-state index contributed by atoms with van der Waals surface area (Å²) >= 11 is 0. The van der Waals surface area contributed by atoms with Crippen LogP contribution in [0.25, 0.3) is 0 Å². The molecule has 0 bridgehead atoms. The quantitative estimate of drug-likeness (QED) is 0.691. The number of piperidine rings is 1. The van der Waals surface area contributed by atoms with Crippen LogP contribution in [0.2, 0.25) is 0 Å². The van der Waals surface area contributed by atoms with Crippen molar-refractivity contribution in [1.29, 1.82) is 0 Å². The third-order valence-corrected chi connectivity index (χ3v) is 3.00. The van der Waals surface area contributed by atoms with Gasteiger partial charge in [-0.2, -0.15) is 0 Å². The van der Waals surface area contributed by atoms with Crippen LogP contribution in [0, 0.1) is 5.92 Å². The Labute approximate surface area is 87.8 Å². The third kappa shape index (κ3) is 4.94. The van der Waals surface area contributed by atoms with Crippen molar-refractivity contribution in [2.24, 2.45) is 5.92 Å². The molecule has 1 aliphatic rings. The van der Waals surface area contributed by atoms with E-state index in [1.165, 1.54) is 38.9 Å². The van der Waals surface area contributed by atoms with Crippen LogP contribution >= 0.6 is 0 Å². The van der Waals surface area contributed by atoms with Crippen molar-refractivity contribution in [2.75, 3.05) is 46.9 Å². The van der Waals surface area contributed by atoms with Crippen molar-refractivity contribution in [1.82, 2.24) is 10.2 Å². The summed E-state index contributed by atoms with van der Waals surface area (Å²) in [7, 11) is 3.94. The van der Waals surface area contributed by atoms with Gasteiger partial charge in [0.1, 0.15) is 0 Å². The molecule has 1 saturated heterocycles. The maximum Gasteiger partial charge on any atom is 0.0589 e. The Hall–Kier alpha value is -0.120. The summed E-state index contributed by atoms with van der Waals surface area (Å²) in [6, 6.07) is 0. The van der Waals surface area contributed by atoms with Gasteiger partial charge >= 0.3 is 0 Å². The highest BCUT2D eigenvalue weighted by molar-refractivity contribution is 4.70. The average molecular weight is 200 g/mol. The Morgan fingerprint density at radius 3 is 2.93 bits per heavy atom. The Morgan fingerprint density at radius 2 is 2.29 bits per heavy atom. The van der Waals surface area contributed by atoms with Crippen LogP contribution < -0.4 is 5.32 Å². The van der Waals surface area contributed by atoms with Gasteiger partial charge in [-0.15, -0.1) is 0 Å². The molecule has 3 heteroatoms. The normalized spacial score (nSPS) is 22.9. The van der Waals surface area contributed by atoms with Crippen molar-refractivity contribution >= 4 is 0 Å². The van der Waals surface area contributed by atoms with E-state index in [1.54, 1.807) is 7.11 Å². The van der Waals surface area contributed by atoms with Crippen LogP contribution in [0.4, 0.5) is 0 Å². The summed E-state index contributed by atoms with van der Waals surface area (Å²) in [6.45, 7) is 5.54. The lowest BCUT2D eigenvalue weighted by molar-refractivity contribution is 0.156. The lowest BCUT2D eigenvalue weighted by Gasteiger charge is -2.25. The van der Waals surface area contributed by atoms with E-state index in [0.717, 1.165) is 19.1 Å². The van der Waals surface area contributed by atoms with E-state index >= 15 is 0 Å². The van der Waals surface area contributed by atoms with Crippen LogP contribution in [-0.4, -0.2) is 51.8 Å². The largest absolute Gasteiger partial charge is 0.383 e. The molecule has 0 amide bonds. The molecule has 84 valence electrons. The number of nitrogens with zero attached hydrogens (tertiary/aromatic N) is 1. The fourth-order valence-electron chi connectivity index (χ4n) is 1.93. The zero-order valence-electron chi connectivity index (χ0n) is 9.59. The molecule has 0 aliphatic carbocycles. The standard InChI is InChI=1S/C11H24N2O/c1-13(8-9-14-2)7-5-11-4-3-6-12-10-11/h11-12H,3-10H2,1-2H3. The van der Waals surface area contributed by atoms with Crippen molar-refractivity contribution < 1.29 is 4.74 Å². The van der Waals surface area contributed by atoms with Crippen LogP contribution in [0.15, 0.2) is 0 Å². The Balaban J connectivity index is 2.00. The van der Waals surface area contributed by atoms with Gasteiger partial charge in [0.15, 0.2) is 0 Å². The summed E-state index contributed by atoms with van der Waals surface area (Å²) in [4.78, 5) is 2.36. The molecule has 1 fully saturated rings. The third-order valence-electron chi connectivity index (χ3n) is 3.00. The summed E-state index contributed by atoms with van der Waals surface area (Å²) in [6.07, 6.45) is 4.09. The second-order valence-electron chi connectivity index (χ2n) is 4.30. The molecule has 14 heavy (non-hydrogen) atoms. The van der Waals surface area contributed by atoms with E-state index in [-0.39, 0.29) is 0 Å². The molecule has 0 aromatic carbocycles. The molecule has 1 rings (SSSR count). The minimum Gasteiger partial charge on any atom is -0.383 e. The molecule has 0 spiro atoms. The number of hydrogen-bond acceptors (Lipinski definition) is 3. The fourth-order valence-corrected chi connectivity index (χ4v) is 1.93. The first-order chi connectivity index (χ1) is 6.83. The maximum absolute atomic E-state index is 5.05. The molecule has 1 atom stereocenters. The number of methoxy groups -OCH3 is 1. The lowest BCUT2D eigenvalue weighted by Crippen LogP contribution is -2.33. The molecule has 0 aromatic heterocycles. The topological polar surface area (TPSA) is 24.5 Å². The Kier molecular flexibility index (Phi) is 6.15. The molecule has 1 N–H and O–H groups in total. The number of hydrogen-bond donors (Lipinski definition) is 1. The monoisotopic (exact) mass is 200 g/mol. The van der Waals surface area contributed by atoms with Gasteiger partial charge in [-0.05, 0) is 51.9 Å². The Morgan fingerprint density at radius 1 is 1.43 bits per heavy atom. The molecule has 1 unspecified atom stereocenters. The number of likely N-dealkylation sites (N-methyl/N-ethyl adjacent to an activating group) is 1. The second-order valence-corrected chi connectivity index (χ2v) is 4.30. The van der Waals surface area contributed by atoms with E-state index < -0.39 is 0 Å². The van der Waals surface area contributed by atoms with Crippen LogP contribution in [0.5, 0.6) is 0 Å². The molecule has 0 radical (unpaired) electrons. The summed E-state index contributed by atoms with van der Waals surface area (Å²) in [5.74, 6) is 0.897. The smallest absolute Gasteiger partial charge is 0.0589 e. The molecule has 1 aliphatic heterocycles. The molecular weight excluding hydrogens is 176 g/mol. The van der Waals surface area contributed by atoms with Crippen LogP contribution in [0.1, 0.15) is 19.3 Å². The summed E-state index contributed by atoms with van der Waals surface area (Å²) in [5.41, 5.74) is 0. The molecule has 3 nitrogen and oxygen atoms in total. The maximum atomic E-state index is 5.05. The van der Waals surface area contributed by atoms with Gasteiger partial charge in [0.25, 0.3) is 0 Å². The van der Waals surface area contributed by atoms with E-state index in [2.05, 4.69) is 17.3 Å². The lowest BCUT2D eigenvalue weighted by atomic mass is 9.96. The molecule has 0 saturated carbocycles. The molecule has 0 aromatic rings. The first-order valence-electron chi connectivity index (χ1n) is 5.71.